The van der Waals surface area contributed by atoms with E-state index in [1.165, 1.54) is 51.4 Å². The van der Waals surface area contributed by atoms with Crippen LogP contribution >= 0.6 is 7.26 Å². The van der Waals surface area contributed by atoms with E-state index in [-0.39, 0.29) is 18.8 Å². The summed E-state index contributed by atoms with van der Waals surface area (Å²) in [4.78, 5) is 0. The van der Waals surface area contributed by atoms with Crippen molar-refractivity contribution in [3.8, 4) is 0 Å². The van der Waals surface area contributed by atoms with Gasteiger partial charge in [0.15, 0.2) is 0 Å². The second kappa shape index (κ2) is 22.4. The Hall–Kier alpha value is 0.150. The van der Waals surface area contributed by atoms with Gasteiger partial charge in [-0.3, -0.25) is 18.8 Å². The zero-order valence-electron chi connectivity index (χ0n) is 14.6. The van der Waals surface area contributed by atoms with Crippen molar-refractivity contribution in [3.05, 3.63) is 0 Å². The minimum absolute atomic E-state index is 0. The molecule has 0 N–H and O–H groups in total. The average molecular weight is 340 g/mol. The summed E-state index contributed by atoms with van der Waals surface area (Å²) in [6, 6.07) is 0. The minimum Gasteiger partial charge on any atom is -0.269 e. The summed E-state index contributed by atoms with van der Waals surface area (Å²) in [5.74, 6) is 0. The van der Waals surface area contributed by atoms with Gasteiger partial charge >= 0.3 is 111 Å². The summed E-state index contributed by atoms with van der Waals surface area (Å²) in [5.41, 5.74) is 0. The summed E-state index contributed by atoms with van der Waals surface area (Å²) in [5, 5.41) is 0. The van der Waals surface area contributed by atoms with Crippen LogP contribution in [0.5, 0.6) is 0 Å². The molecule has 0 fully saturated rings. The maximum absolute atomic E-state index is 2.36. The molecule has 0 unspecified atom stereocenters. The van der Waals surface area contributed by atoms with Crippen molar-refractivity contribution in [2.75, 3.05) is 24.6 Å². The van der Waals surface area contributed by atoms with Crippen molar-refractivity contribution < 1.29 is 18.8 Å². The molecule has 21 heavy (non-hydrogen) atoms. The van der Waals surface area contributed by atoms with Crippen LogP contribution in [0.2, 0.25) is 0 Å². The van der Waals surface area contributed by atoms with Crippen LogP contribution in [0, 0.1) is 0 Å². The molecule has 0 heterocycles. The molecule has 0 amide bonds. The van der Waals surface area contributed by atoms with Crippen molar-refractivity contribution in [2.24, 2.45) is 0 Å². The summed E-state index contributed by atoms with van der Waals surface area (Å²) < 4.78 is 0. The maximum atomic E-state index is 2.36. The molecule has 5 heteroatoms. The van der Waals surface area contributed by atoms with Crippen LogP contribution in [-0.4, -0.2) is 24.6 Å². The summed E-state index contributed by atoms with van der Waals surface area (Å²) >= 11 is 0. The van der Waals surface area contributed by atoms with E-state index in [0.29, 0.717) is 0 Å². The molecule has 0 aromatic rings. The van der Waals surface area contributed by atoms with Gasteiger partial charge in [0.1, 0.15) is 0 Å². The molecule has 0 bridgehead atoms. The second-order valence-electron chi connectivity index (χ2n) is 5.91. The van der Waals surface area contributed by atoms with E-state index in [9.17, 15) is 0 Å². The van der Waals surface area contributed by atoms with Crippen molar-refractivity contribution >= 4 is 7.26 Å². The third-order valence-corrected chi connectivity index (χ3v) is 9.90. The van der Waals surface area contributed by atoms with Crippen LogP contribution in [0.4, 0.5) is 18.8 Å². The Morgan fingerprint density at radius 3 is 0.762 bits per heavy atom. The molecule has 0 spiro atoms. The monoisotopic (exact) mass is 340 g/mol. The van der Waals surface area contributed by atoms with E-state index in [0.717, 1.165) is 0 Å². The smallest absolute Gasteiger partial charge is 0.269 e. The van der Waals surface area contributed by atoms with Gasteiger partial charge in [-0.15, -0.1) is 0 Å². The maximum Gasteiger partial charge on any atom is -0.269 e. The molecule has 0 aromatic carbocycles. The molecule has 0 aliphatic rings. The SMILES string of the molecule is CCCC[PH](CCCC)(CCCC)CCCC.F.F.F.F. The van der Waals surface area contributed by atoms with Crippen molar-refractivity contribution in [3.63, 3.8) is 0 Å². The van der Waals surface area contributed by atoms with Gasteiger partial charge in [-0.05, 0) is 0 Å². The average Bonchev–Trinajstić information content (AvgIpc) is 2.37. The van der Waals surface area contributed by atoms with Crippen molar-refractivity contribution in [1.82, 2.24) is 0 Å². The molecular formula is C16H41F4P. The molecule has 0 aliphatic carbocycles. The van der Waals surface area contributed by atoms with Gasteiger partial charge in [0, 0.05) is 0 Å². The Morgan fingerprint density at radius 2 is 0.619 bits per heavy atom. The number of unbranched alkanes of at least 4 members (excludes halogenated alkanes) is 4. The predicted molar refractivity (Wildman–Crippen MR) is 97.4 cm³/mol. The predicted octanol–water partition coefficient (Wildman–Crippen LogP) is 6.55. The third-order valence-electron chi connectivity index (χ3n) is 4.24. The molecule has 0 rings (SSSR count). The van der Waals surface area contributed by atoms with Crippen LogP contribution in [0.15, 0.2) is 0 Å². The summed E-state index contributed by atoms with van der Waals surface area (Å²) in [6.07, 6.45) is 18.1. The van der Waals surface area contributed by atoms with Crippen molar-refractivity contribution in [1.29, 1.82) is 0 Å². The first-order valence-electron chi connectivity index (χ1n) is 8.24. The standard InChI is InChI=1S/C16H37P.4FH/c1-5-9-13-17(14-10-6-2,15-11-7-3)16-12-8-4;;;;/h17H,5-16H2,1-4H3;4*1H. The Labute approximate surface area is 130 Å². The molecule has 138 valence electrons. The molecular weight excluding hydrogens is 299 g/mol. The Kier molecular flexibility index (Phi) is 35.2. The molecule has 0 saturated carbocycles. The molecule has 0 aliphatic heterocycles. The quantitative estimate of drug-likeness (QED) is 0.279. The van der Waals surface area contributed by atoms with Gasteiger partial charge in [0.2, 0.25) is 0 Å². The van der Waals surface area contributed by atoms with E-state index in [1.807, 2.05) is 0 Å². The number of rotatable bonds is 12. The minimum atomic E-state index is -0.879. The normalized spacial score (nSPS) is 10.5. The molecule has 0 aromatic heterocycles. The van der Waals surface area contributed by atoms with Crippen LogP contribution in [0.25, 0.3) is 0 Å². The summed E-state index contributed by atoms with van der Waals surface area (Å²) in [7, 11) is -0.879. The first-order chi connectivity index (χ1) is 8.24. The van der Waals surface area contributed by atoms with E-state index in [4.69, 9.17) is 0 Å². The van der Waals surface area contributed by atoms with Crippen LogP contribution in [0.1, 0.15) is 79.1 Å². The van der Waals surface area contributed by atoms with Gasteiger partial charge < -0.3 is 0 Å². The fourth-order valence-corrected chi connectivity index (χ4v) is 8.87. The van der Waals surface area contributed by atoms with Crippen LogP contribution < -0.4 is 0 Å². The molecule has 0 atom stereocenters. The molecule has 0 nitrogen and oxygen atoms in total. The number of hydrogen-bond donors (Lipinski definition) is 0. The van der Waals surface area contributed by atoms with E-state index in [1.54, 1.807) is 24.6 Å². The van der Waals surface area contributed by atoms with Gasteiger partial charge in [-0.1, -0.05) is 0 Å². The largest absolute Gasteiger partial charge is 0.269 e. The van der Waals surface area contributed by atoms with Gasteiger partial charge in [-0.25, -0.2) is 0 Å². The molecule has 0 radical (unpaired) electrons. The topological polar surface area (TPSA) is 0 Å². The van der Waals surface area contributed by atoms with Gasteiger partial charge in [0.25, 0.3) is 0 Å². The zero-order valence-corrected chi connectivity index (χ0v) is 15.6. The number of halogens is 4. The third kappa shape index (κ3) is 16.3. The van der Waals surface area contributed by atoms with Gasteiger partial charge in [0.05, 0.1) is 0 Å². The first kappa shape index (κ1) is 32.9. The van der Waals surface area contributed by atoms with Crippen LogP contribution in [-0.2, 0) is 0 Å². The zero-order chi connectivity index (χ0) is 13.0. The van der Waals surface area contributed by atoms with Crippen LogP contribution in [0.3, 0.4) is 0 Å². The van der Waals surface area contributed by atoms with E-state index >= 15 is 0 Å². The van der Waals surface area contributed by atoms with Gasteiger partial charge in [-0.2, -0.15) is 0 Å². The Bertz CT molecular complexity index is 131. The Balaban J connectivity index is -0.000000213. The second-order valence-corrected chi connectivity index (χ2v) is 10.9. The fraction of sp³-hybridized carbons (Fsp3) is 1.00. The fourth-order valence-electron chi connectivity index (χ4n) is 2.96. The van der Waals surface area contributed by atoms with E-state index in [2.05, 4.69) is 27.7 Å². The molecule has 0 saturated heterocycles. The Morgan fingerprint density at radius 1 is 0.429 bits per heavy atom. The summed E-state index contributed by atoms with van der Waals surface area (Å²) in [6.45, 7) is 9.44. The number of hydrogen-bond acceptors (Lipinski definition) is 0. The van der Waals surface area contributed by atoms with Crippen molar-refractivity contribution in [2.45, 2.75) is 79.1 Å². The van der Waals surface area contributed by atoms with E-state index < -0.39 is 7.26 Å². The first-order valence-corrected chi connectivity index (χ1v) is 11.1.